The number of carbonyl (C=O) groups is 1. The van der Waals surface area contributed by atoms with Crippen molar-refractivity contribution in [3.8, 4) is 5.69 Å². The van der Waals surface area contributed by atoms with Crippen LogP contribution in [-0.2, 0) is 0 Å². The first-order valence-corrected chi connectivity index (χ1v) is 8.54. The quantitative estimate of drug-likeness (QED) is 0.577. The SMILES string of the molecule is Cc1c(C(=O)Nc2ccccc2-n2cccn2)sc2ccc(F)cc12. The Morgan fingerprint density at radius 1 is 1.20 bits per heavy atom. The summed E-state index contributed by atoms with van der Waals surface area (Å²) in [5.41, 5.74) is 2.23. The standard InChI is InChI=1S/C19H14FN3OS/c1-12-14-11-13(20)7-8-17(14)25-18(12)19(24)22-15-5-2-3-6-16(15)23-10-4-9-21-23/h2-11H,1H3,(H,22,24). The van der Waals surface area contributed by atoms with Crippen LogP contribution in [0, 0.1) is 12.7 Å². The van der Waals surface area contributed by atoms with Gasteiger partial charge >= 0.3 is 0 Å². The highest BCUT2D eigenvalue weighted by molar-refractivity contribution is 7.21. The number of thiophene rings is 1. The lowest BCUT2D eigenvalue weighted by molar-refractivity contribution is 0.103. The molecule has 0 aliphatic carbocycles. The average Bonchev–Trinajstić information content (AvgIpc) is 3.24. The fourth-order valence-corrected chi connectivity index (χ4v) is 3.86. The van der Waals surface area contributed by atoms with Crippen molar-refractivity contribution in [1.29, 1.82) is 0 Å². The second-order valence-electron chi connectivity index (χ2n) is 5.62. The van der Waals surface area contributed by atoms with Crippen LogP contribution >= 0.6 is 11.3 Å². The molecular weight excluding hydrogens is 337 g/mol. The zero-order valence-electron chi connectivity index (χ0n) is 13.4. The van der Waals surface area contributed by atoms with Crippen molar-refractivity contribution < 1.29 is 9.18 Å². The van der Waals surface area contributed by atoms with E-state index in [1.54, 1.807) is 16.9 Å². The number of benzene rings is 2. The fraction of sp³-hybridized carbons (Fsp3) is 0.0526. The van der Waals surface area contributed by atoms with Gasteiger partial charge in [-0.2, -0.15) is 5.10 Å². The number of halogens is 1. The van der Waals surface area contributed by atoms with E-state index in [4.69, 9.17) is 0 Å². The van der Waals surface area contributed by atoms with E-state index in [-0.39, 0.29) is 11.7 Å². The van der Waals surface area contributed by atoms with E-state index >= 15 is 0 Å². The summed E-state index contributed by atoms with van der Waals surface area (Å²) in [5, 5.41) is 7.94. The molecule has 0 radical (unpaired) electrons. The summed E-state index contributed by atoms with van der Waals surface area (Å²) in [5.74, 6) is -0.511. The normalized spacial score (nSPS) is 11.0. The molecule has 0 aliphatic heterocycles. The summed E-state index contributed by atoms with van der Waals surface area (Å²) in [6.45, 7) is 1.84. The van der Waals surface area contributed by atoms with Crippen LogP contribution in [0.5, 0.6) is 0 Å². The Morgan fingerprint density at radius 3 is 2.84 bits per heavy atom. The highest BCUT2D eigenvalue weighted by Crippen LogP contribution is 2.32. The van der Waals surface area contributed by atoms with Crippen molar-refractivity contribution in [2.75, 3.05) is 5.32 Å². The molecule has 2 aromatic heterocycles. The van der Waals surface area contributed by atoms with Crippen LogP contribution in [-0.4, -0.2) is 15.7 Å². The van der Waals surface area contributed by atoms with Gasteiger partial charge in [-0.25, -0.2) is 9.07 Å². The molecule has 2 aromatic carbocycles. The number of hydrogen-bond donors (Lipinski definition) is 1. The van der Waals surface area contributed by atoms with Gasteiger partial charge in [0.2, 0.25) is 0 Å². The molecule has 0 aliphatic rings. The van der Waals surface area contributed by atoms with E-state index in [0.29, 0.717) is 10.6 Å². The summed E-state index contributed by atoms with van der Waals surface area (Å²) in [4.78, 5) is 13.4. The lowest BCUT2D eigenvalue weighted by Gasteiger charge is -2.10. The van der Waals surface area contributed by atoms with Gasteiger partial charge in [0.25, 0.3) is 5.91 Å². The maximum Gasteiger partial charge on any atom is 0.266 e. The van der Waals surface area contributed by atoms with Crippen LogP contribution in [0.15, 0.2) is 60.9 Å². The van der Waals surface area contributed by atoms with Crippen LogP contribution in [0.1, 0.15) is 15.2 Å². The van der Waals surface area contributed by atoms with E-state index in [2.05, 4.69) is 10.4 Å². The lowest BCUT2D eigenvalue weighted by Crippen LogP contribution is -2.13. The monoisotopic (exact) mass is 351 g/mol. The number of para-hydroxylation sites is 2. The fourth-order valence-electron chi connectivity index (χ4n) is 2.78. The molecule has 124 valence electrons. The minimum Gasteiger partial charge on any atom is -0.319 e. The van der Waals surface area contributed by atoms with Gasteiger partial charge in [-0.1, -0.05) is 12.1 Å². The third kappa shape index (κ3) is 2.81. The molecule has 0 saturated carbocycles. The molecule has 0 fully saturated rings. The van der Waals surface area contributed by atoms with Crippen molar-refractivity contribution in [2.45, 2.75) is 6.92 Å². The summed E-state index contributed by atoms with van der Waals surface area (Å²) in [6, 6.07) is 13.9. The predicted octanol–water partition coefficient (Wildman–Crippen LogP) is 4.79. The molecular formula is C19H14FN3OS. The number of anilines is 1. The van der Waals surface area contributed by atoms with Crippen LogP contribution in [0.4, 0.5) is 10.1 Å². The van der Waals surface area contributed by atoms with Crippen molar-refractivity contribution in [2.24, 2.45) is 0 Å². The highest BCUT2D eigenvalue weighted by atomic mass is 32.1. The molecule has 6 heteroatoms. The Labute approximate surface area is 147 Å². The van der Waals surface area contributed by atoms with E-state index in [1.165, 1.54) is 23.5 Å². The van der Waals surface area contributed by atoms with Crippen LogP contribution < -0.4 is 5.32 Å². The van der Waals surface area contributed by atoms with E-state index in [1.807, 2.05) is 43.5 Å². The molecule has 0 spiro atoms. The van der Waals surface area contributed by atoms with Gasteiger partial charge in [0.1, 0.15) is 5.82 Å². The maximum absolute atomic E-state index is 13.5. The van der Waals surface area contributed by atoms with Crippen molar-refractivity contribution in [3.63, 3.8) is 0 Å². The smallest absolute Gasteiger partial charge is 0.266 e. The number of nitrogens with zero attached hydrogens (tertiary/aromatic N) is 2. The van der Waals surface area contributed by atoms with E-state index in [9.17, 15) is 9.18 Å². The Balaban J connectivity index is 1.71. The molecule has 4 aromatic rings. The first kappa shape index (κ1) is 15.5. The second-order valence-corrected chi connectivity index (χ2v) is 6.67. The maximum atomic E-state index is 13.5. The van der Waals surface area contributed by atoms with Crippen molar-refractivity contribution in [1.82, 2.24) is 9.78 Å². The molecule has 1 N–H and O–H groups in total. The molecule has 0 bridgehead atoms. The number of hydrogen-bond acceptors (Lipinski definition) is 3. The lowest BCUT2D eigenvalue weighted by atomic mass is 10.1. The largest absolute Gasteiger partial charge is 0.319 e. The number of nitrogens with one attached hydrogen (secondary N) is 1. The zero-order chi connectivity index (χ0) is 17.4. The topological polar surface area (TPSA) is 46.9 Å². The summed E-state index contributed by atoms with van der Waals surface area (Å²) >= 11 is 1.36. The molecule has 4 rings (SSSR count). The van der Waals surface area contributed by atoms with Crippen LogP contribution in [0.3, 0.4) is 0 Å². The number of aryl methyl sites for hydroxylation is 1. The summed E-state index contributed by atoms with van der Waals surface area (Å²) in [6.07, 6.45) is 3.50. The first-order chi connectivity index (χ1) is 12.1. The van der Waals surface area contributed by atoms with Gasteiger partial charge in [0, 0.05) is 17.1 Å². The highest BCUT2D eigenvalue weighted by Gasteiger charge is 2.17. The minimum atomic E-state index is -0.301. The number of rotatable bonds is 3. The minimum absolute atomic E-state index is 0.210. The van der Waals surface area contributed by atoms with Gasteiger partial charge in [0.15, 0.2) is 0 Å². The van der Waals surface area contributed by atoms with Crippen LogP contribution in [0.2, 0.25) is 0 Å². The van der Waals surface area contributed by atoms with Crippen molar-refractivity contribution >= 4 is 33.0 Å². The summed E-state index contributed by atoms with van der Waals surface area (Å²) < 4.78 is 16.1. The van der Waals surface area contributed by atoms with Gasteiger partial charge in [-0.15, -0.1) is 11.3 Å². The molecule has 0 unspecified atom stereocenters. The Kier molecular flexibility index (Phi) is 3.82. The number of amides is 1. The third-order valence-corrected chi connectivity index (χ3v) is 5.28. The van der Waals surface area contributed by atoms with Gasteiger partial charge in [-0.05, 0) is 54.3 Å². The zero-order valence-corrected chi connectivity index (χ0v) is 14.2. The second kappa shape index (κ2) is 6.14. The van der Waals surface area contributed by atoms with E-state index in [0.717, 1.165) is 21.3 Å². The number of carbonyl (C=O) groups excluding carboxylic acids is 1. The third-order valence-electron chi connectivity index (χ3n) is 4.01. The Hall–Kier alpha value is -2.99. The molecule has 1 amide bonds. The predicted molar refractivity (Wildman–Crippen MR) is 98.0 cm³/mol. The van der Waals surface area contributed by atoms with Gasteiger partial charge < -0.3 is 5.32 Å². The van der Waals surface area contributed by atoms with Gasteiger partial charge in [-0.3, -0.25) is 4.79 Å². The average molecular weight is 351 g/mol. The molecule has 2 heterocycles. The molecule has 0 saturated heterocycles. The first-order valence-electron chi connectivity index (χ1n) is 7.72. The number of aromatic nitrogens is 2. The molecule has 4 nitrogen and oxygen atoms in total. The number of fused-ring (bicyclic) bond motifs is 1. The Morgan fingerprint density at radius 2 is 2.04 bits per heavy atom. The molecule has 25 heavy (non-hydrogen) atoms. The Bertz CT molecular complexity index is 1070. The van der Waals surface area contributed by atoms with E-state index < -0.39 is 0 Å². The van der Waals surface area contributed by atoms with Crippen LogP contribution in [0.25, 0.3) is 15.8 Å². The van der Waals surface area contributed by atoms with Crippen molar-refractivity contribution in [3.05, 3.63) is 77.2 Å². The molecule has 0 atom stereocenters. The summed E-state index contributed by atoms with van der Waals surface area (Å²) in [7, 11) is 0. The van der Waals surface area contributed by atoms with Gasteiger partial charge in [0.05, 0.1) is 16.3 Å².